The van der Waals surface area contributed by atoms with Crippen molar-refractivity contribution in [1.82, 2.24) is 5.43 Å². The molecule has 5 nitrogen and oxygen atoms in total. The minimum Gasteiger partial charge on any atom is -0.411 e. The zero-order valence-corrected chi connectivity index (χ0v) is 9.14. The topological polar surface area (TPSA) is 74.1 Å². The first kappa shape index (κ1) is 11.9. The molecule has 5 heteroatoms. The molecule has 0 bridgehead atoms. The van der Waals surface area contributed by atoms with E-state index in [1.165, 1.54) is 0 Å². The fraction of sp³-hybridized carbons (Fsp3) is 0.182. The number of hydrazone groups is 1. The van der Waals surface area contributed by atoms with Crippen molar-refractivity contribution in [2.75, 3.05) is 0 Å². The first-order valence-electron chi connectivity index (χ1n) is 4.74. The lowest BCUT2D eigenvalue weighted by Crippen LogP contribution is -2.21. The van der Waals surface area contributed by atoms with Gasteiger partial charge in [-0.2, -0.15) is 5.10 Å². The number of oxime groups is 1. The van der Waals surface area contributed by atoms with Gasteiger partial charge in [-0.25, -0.2) is 5.43 Å². The highest BCUT2D eigenvalue weighted by molar-refractivity contribution is 6.40. The van der Waals surface area contributed by atoms with Gasteiger partial charge in [0.25, 0.3) is 5.91 Å². The Morgan fingerprint density at radius 2 is 1.81 bits per heavy atom. The van der Waals surface area contributed by atoms with Crippen molar-refractivity contribution in [2.24, 2.45) is 10.3 Å². The van der Waals surface area contributed by atoms with Crippen LogP contribution in [-0.2, 0) is 0 Å². The second kappa shape index (κ2) is 5.65. The molecule has 0 saturated heterocycles. The molecular weight excluding hydrogens is 206 g/mol. The number of carbonyl (C=O) groups excluding carboxylic acids is 1. The summed E-state index contributed by atoms with van der Waals surface area (Å²) in [7, 11) is 0. The maximum absolute atomic E-state index is 11.5. The Hall–Kier alpha value is -2.17. The number of amides is 1. The lowest BCUT2D eigenvalue weighted by Gasteiger charge is -2.01. The van der Waals surface area contributed by atoms with Crippen LogP contribution in [0.3, 0.4) is 0 Å². The number of nitrogens with zero attached hydrogens (tertiary/aromatic N) is 2. The van der Waals surface area contributed by atoms with Crippen molar-refractivity contribution in [3.05, 3.63) is 35.9 Å². The van der Waals surface area contributed by atoms with Crippen molar-refractivity contribution < 1.29 is 10.0 Å². The zero-order valence-electron chi connectivity index (χ0n) is 9.14. The summed E-state index contributed by atoms with van der Waals surface area (Å²) in [6, 6.07) is 8.74. The van der Waals surface area contributed by atoms with E-state index in [0.717, 1.165) is 0 Å². The predicted octanol–water partition coefficient (Wildman–Crippen LogP) is 1.64. The van der Waals surface area contributed by atoms with Crippen LogP contribution in [0.2, 0.25) is 0 Å². The molecule has 0 aliphatic carbocycles. The molecular formula is C11H13N3O2. The average molecular weight is 219 g/mol. The Balaban J connectivity index is 2.67. The highest BCUT2D eigenvalue weighted by Crippen LogP contribution is 1.97. The quantitative estimate of drug-likeness (QED) is 0.460. The summed E-state index contributed by atoms with van der Waals surface area (Å²) < 4.78 is 0. The van der Waals surface area contributed by atoms with E-state index in [1.807, 2.05) is 6.07 Å². The number of benzene rings is 1. The van der Waals surface area contributed by atoms with E-state index in [4.69, 9.17) is 5.21 Å². The number of hydrogen-bond donors (Lipinski definition) is 2. The molecule has 1 rings (SSSR count). The fourth-order valence-corrected chi connectivity index (χ4v) is 0.942. The van der Waals surface area contributed by atoms with Crippen molar-refractivity contribution in [2.45, 2.75) is 13.8 Å². The molecule has 0 unspecified atom stereocenters. The van der Waals surface area contributed by atoms with Crippen LogP contribution in [0, 0.1) is 0 Å². The Morgan fingerprint density at radius 1 is 1.19 bits per heavy atom. The monoisotopic (exact) mass is 219 g/mol. The molecule has 84 valence electrons. The van der Waals surface area contributed by atoms with Gasteiger partial charge in [-0.15, -0.1) is 0 Å². The molecule has 0 fully saturated rings. The molecule has 1 aromatic carbocycles. The van der Waals surface area contributed by atoms with Gasteiger partial charge in [-0.1, -0.05) is 23.4 Å². The minimum atomic E-state index is -0.300. The molecule has 0 aliphatic heterocycles. The predicted molar refractivity (Wildman–Crippen MR) is 61.9 cm³/mol. The summed E-state index contributed by atoms with van der Waals surface area (Å²) in [6.07, 6.45) is 0. The summed E-state index contributed by atoms with van der Waals surface area (Å²) >= 11 is 0. The van der Waals surface area contributed by atoms with Crippen LogP contribution in [0.25, 0.3) is 0 Å². The Morgan fingerprint density at radius 3 is 2.38 bits per heavy atom. The van der Waals surface area contributed by atoms with Crippen LogP contribution >= 0.6 is 0 Å². The van der Waals surface area contributed by atoms with E-state index in [0.29, 0.717) is 17.0 Å². The molecule has 0 aromatic heterocycles. The van der Waals surface area contributed by atoms with Gasteiger partial charge in [0.05, 0.1) is 11.4 Å². The first-order valence-corrected chi connectivity index (χ1v) is 4.74. The fourth-order valence-electron chi connectivity index (χ4n) is 0.942. The van der Waals surface area contributed by atoms with E-state index in [2.05, 4.69) is 15.7 Å². The van der Waals surface area contributed by atoms with Gasteiger partial charge in [0.1, 0.15) is 0 Å². The minimum absolute atomic E-state index is 0.300. The third-order valence-corrected chi connectivity index (χ3v) is 2.03. The SMILES string of the molecule is CC(=NO)C(C)=NNC(=O)c1ccccc1. The molecule has 1 aromatic rings. The smallest absolute Gasteiger partial charge is 0.271 e. The van der Waals surface area contributed by atoms with E-state index < -0.39 is 0 Å². The molecule has 0 atom stereocenters. The van der Waals surface area contributed by atoms with E-state index in [1.54, 1.807) is 38.1 Å². The normalized spacial score (nSPS) is 12.4. The maximum Gasteiger partial charge on any atom is 0.271 e. The van der Waals surface area contributed by atoms with Crippen LogP contribution in [0.15, 0.2) is 40.6 Å². The van der Waals surface area contributed by atoms with Gasteiger partial charge >= 0.3 is 0 Å². The lowest BCUT2D eigenvalue weighted by atomic mass is 10.2. The number of carbonyl (C=O) groups is 1. The number of nitrogens with one attached hydrogen (secondary N) is 1. The average Bonchev–Trinajstić information content (AvgIpc) is 2.35. The molecule has 0 heterocycles. The standard InChI is InChI=1S/C11H13N3O2/c1-8(9(2)14-16)12-13-11(15)10-6-4-3-5-7-10/h3-7,16H,1-2H3,(H,13,15). The van der Waals surface area contributed by atoms with Gasteiger partial charge in [-0.3, -0.25) is 4.79 Å². The van der Waals surface area contributed by atoms with Crippen LogP contribution < -0.4 is 5.43 Å². The van der Waals surface area contributed by atoms with Crippen molar-refractivity contribution >= 4 is 17.3 Å². The molecule has 1 amide bonds. The van der Waals surface area contributed by atoms with Gasteiger partial charge in [0, 0.05) is 5.56 Å². The highest BCUT2D eigenvalue weighted by atomic mass is 16.4. The van der Waals surface area contributed by atoms with Gasteiger partial charge < -0.3 is 5.21 Å². The van der Waals surface area contributed by atoms with Crippen molar-refractivity contribution in [3.63, 3.8) is 0 Å². The Kier molecular flexibility index (Phi) is 4.20. The molecule has 0 radical (unpaired) electrons. The van der Waals surface area contributed by atoms with Crippen LogP contribution in [0.5, 0.6) is 0 Å². The second-order valence-corrected chi connectivity index (χ2v) is 3.19. The highest BCUT2D eigenvalue weighted by Gasteiger charge is 2.03. The largest absolute Gasteiger partial charge is 0.411 e. The van der Waals surface area contributed by atoms with Crippen LogP contribution in [0.1, 0.15) is 24.2 Å². The molecule has 0 aliphatic rings. The second-order valence-electron chi connectivity index (χ2n) is 3.19. The molecule has 0 saturated carbocycles. The maximum atomic E-state index is 11.5. The number of hydrogen-bond acceptors (Lipinski definition) is 4. The zero-order chi connectivity index (χ0) is 12.0. The summed E-state index contributed by atoms with van der Waals surface area (Å²) in [5.74, 6) is -0.300. The van der Waals surface area contributed by atoms with Gasteiger partial charge in [-0.05, 0) is 26.0 Å². The van der Waals surface area contributed by atoms with Crippen molar-refractivity contribution in [3.8, 4) is 0 Å². The van der Waals surface area contributed by atoms with E-state index in [-0.39, 0.29) is 5.91 Å². The van der Waals surface area contributed by atoms with Crippen LogP contribution in [-0.4, -0.2) is 22.5 Å². The summed E-state index contributed by atoms with van der Waals surface area (Å²) in [6.45, 7) is 3.23. The van der Waals surface area contributed by atoms with Gasteiger partial charge in [0.15, 0.2) is 0 Å². The summed E-state index contributed by atoms with van der Waals surface area (Å²) in [5.41, 5.74) is 3.70. The van der Waals surface area contributed by atoms with E-state index >= 15 is 0 Å². The third kappa shape index (κ3) is 3.20. The summed E-state index contributed by atoms with van der Waals surface area (Å²) in [4.78, 5) is 11.5. The van der Waals surface area contributed by atoms with Crippen molar-refractivity contribution in [1.29, 1.82) is 0 Å². The first-order chi connectivity index (χ1) is 7.65. The molecule has 0 spiro atoms. The van der Waals surface area contributed by atoms with E-state index in [9.17, 15) is 4.79 Å². The van der Waals surface area contributed by atoms with Gasteiger partial charge in [0.2, 0.25) is 0 Å². The Bertz CT molecular complexity index is 424. The summed E-state index contributed by atoms with van der Waals surface area (Å²) in [5, 5.41) is 15.3. The lowest BCUT2D eigenvalue weighted by molar-refractivity contribution is 0.0955. The Labute approximate surface area is 93.5 Å². The third-order valence-electron chi connectivity index (χ3n) is 2.03. The molecule has 16 heavy (non-hydrogen) atoms. The number of rotatable bonds is 3. The molecule has 2 N–H and O–H groups in total. The van der Waals surface area contributed by atoms with Crippen LogP contribution in [0.4, 0.5) is 0 Å².